The predicted molar refractivity (Wildman–Crippen MR) is 48.7 cm³/mol. The molecule has 0 fully saturated rings. The molecule has 0 aromatic rings. The molecule has 1 atom stereocenters. The first-order valence-corrected chi connectivity index (χ1v) is 4.15. The number of amides is 1. The highest BCUT2D eigenvalue weighted by Crippen LogP contribution is 1.95. The van der Waals surface area contributed by atoms with Gasteiger partial charge in [0.1, 0.15) is 5.25 Å². The number of carbonyl (C=O) groups excluding carboxylic acids is 2. The molecule has 0 saturated heterocycles. The van der Waals surface area contributed by atoms with Gasteiger partial charge in [-0.25, -0.2) is 0 Å². The molecule has 0 saturated carbocycles. The van der Waals surface area contributed by atoms with Gasteiger partial charge in [-0.2, -0.15) is 12.6 Å². The maximum Gasteiger partial charge on any atom is 0.305 e. The summed E-state index contributed by atoms with van der Waals surface area (Å²) in [5.41, 5.74) is 0. The number of aliphatic carboxylic acids is 1. The molecule has 0 unspecified atom stereocenters. The lowest BCUT2D eigenvalue weighted by atomic mass is 10.3. The van der Waals surface area contributed by atoms with Crippen LogP contribution in [0.4, 0.5) is 0 Å². The lowest BCUT2D eigenvalue weighted by Gasteiger charge is -2.06. The van der Waals surface area contributed by atoms with E-state index < -0.39 is 17.1 Å². The molecule has 0 heterocycles. The van der Waals surface area contributed by atoms with Crippen LogP contribution in [0.3, 0.4) is 0 Å². The zero-order chi connectivity index (χ0) is 10.4. The van der Waals surface area contributed by atoms with Crippen LogP contribution in [0.25, 0.3) is 0 Å². The Labute approximate surface area is 80.9 Å². The molecule has 13 heavy (non-hydrogen) atoms. The van der Waals surface area contributed by atoms with Gasteiger partial charge in [0.15, 0.2) is 5.78 Å². The Balaban J connectivity index is 3.75. The Morgan fingerprint density at radius 3 is 2.38 bits per heavy atom. The standard InChI is InChI=1S/C7H11NO4S/c1-4(9)6(13)7(12)8-3-2-5(10)11/h6,13H,2-3H2,1H3,(H,8,12)(H,10,11)/t6-/m0/s1. The van der Waals surface area contributed by atoms with Crippen LogP contribution < -0.4 is 5.32 Å². The topological polar surface area (TPSA) is 83.5 Å². The summed E-state index contributed by atoms with van der Waals surface area (Å²) in [7, 11) is 0. The van der Waals surface area contributed by atoms with Crippen molar-refractivity contribution in [3.05, 3.63) is 0 Å². The second-order valence-electron chi connectivity index (χ2n) is 2.45. The molecule has 0 aromatic carbocycles. The quantitative estimate of drug-likeness (QED) is 0.416. The van der Waals surface area contributed by atoms with E-state index >= 15 is 0 Å². The maximum atomic E-state index is 11.0. The van der Waals surface area contributed by atoms with Crippen LogP contribution in [0.1, 0.15) is 13.3 Å². The van der Waals surface area contributed by atoms with E-state index in [0.29, 0.717) is 0 Å². The van der Waals surface area contributed by atoms with Crippen LogP contribution in [0.2, 0.25) is 0 Å². The molecule has 0 aliphatic carbocycles. The van der Waals surface area contributed by atoms with E-state index in [2.05, 4.69) is 17.9 Å². The van der Waals surface area contributed by atoms with Crippen LogP contribution in [-0.2, 0) is 14.4 Å². The van der Waals surface area contributed by atoms with Gasteiger partial charge in [-0.15, -0.1) is 0 Å². The monoisotopic (exact) mass is 205 g/mol. The van der Waals surface area contributed by atoms with Gasteiger partial charge in [0.2, 0.25) is 5.91 Å². The average Bonchev–Trinajstić information content (AvgIpc) is 2.02. The van der Waals surface area contributed by atoms with Crippen molar-refractivity contribution in [2.75, 3.05) is 6.54 Å². The summed E-state index contributed by atoms with van der Waals surface area (Å²) < 4.78 is 0. The van der Waals surface area contributed by atoms with Gasteiger partial charge in [0.25, 0.3) is 0 Å². The molecule has 74 valence electrons. The summed E-state index contributed by atoms with van der Waals surface area (Å²) in [6, 6.07) is 0. The van der Waals surface area contributed by atoms with Gasteiger partial charge < -0.3 is 10.4 Å². The first kappa shape index (κ1) is 12.0. The number of carboxylic acids is 1. The lowest BCUT2D eigenvalue weighted by molar-refractivity contribution is -0.136. The molecule has 1 amide bonds. The Morgan fingerprint density at radius 1 is 1.46 bits per heavy atom. The first-order chi connectivity index (χ1) is 5.95. The van der Waals surface area contributed by atoms with E-state index in [9.17, 15) is 14.4 Å². The molecule has 0 spiro atoms. The second-order valence-corrected chi connectivity index (χ2v) is 2.96. The fourth-order valence-electron chi connectivity index (χ4n) is 0.574. The lowest BCUT2D eigenvalue weighted by Crippen LogP contribution is -2.36. The normalized spacial score (nSPS) is 11.8. The number of hydrogen-bond acceptors (Lipinski definition) is 4. The molecular weight excluding hydrogens is 194 g/mol. The first-order valence-electron chi connectivity index (χ1n) is 3.63. The van der Waals surface area contributed by atoms with E-state index in [-0.39, 0.29) is 18.7 Å². The van der Waals surface area contributed by atoms with Crippen molar-refractivity contribution >= 4 is 30.3 Å². The highest BCUT2D eigenvalue weighted by molar-refractivity contribution is 7.82. The summed E-state index contributed by atoms with van der Waals surface area (Å²) in [5.74, 6) is -1.92. The zero-order valence-corrected chi connectivity index (χ0v) is 8.01. The fraction of sp³-hybridized carbons (Fsp3) is 0.571. The molecule has 0 aliphatic heterocycles. The third-order valence-corrected chi connectivity index (χ3v) is 1.87. The van der Waals surface area contributed by atoms with Crippen LogP contribution >= 0.6 is 12.6 Å². The molecular formula is C7H11NO4S. The van der Waals surface area contributed by atoms with E-state index in [1.807, 2.05) is 0 Å². The largest absolute Gasteiger partial charge is 0.481 e. The molecule has 5 nitrogen and oxygen atoms in total. The Kier molecular flexibility index (Phi) is 5.13. The molecule has 0 bridgehead atoms. The molecule has 2 N–H and O–H groups in total. The number of carbonyl (C=O) groups is 3. The van der Waals surface area contributed by atoms with Gasteiger partial charge in [0, 0.05) is 6.54 Å². The fourth-order valence-corrected chi connectivity index (χ4v) is 0.665. The van der Waals surface area contributed by atoms with Gasteiger partial charge in [-0.05, 0) is 6.92 Å². The Morgan fingerprint density at radius 2 is 2.00 bits per heavy atom. The minimum atomic E-state index is -1.01. The van der Waals surface area contributed by atoms with Crippen LogP contribution in [-0.4, -0.2) is 34.6 Å². The van der Waals surface area contributed by atoms with Crippen molar-refractivity contribution in [2.24, 2.45) is 0 Å². The van der Waals surface area contributed by atoms with Crippen molar-refractivity contribution in [3.63, 3.8) is 0 Å². The zero-order valence-electron chi connectivity index (χ0n) is 7.11. The molecule has 0 aliphatic rings. The third kappa shape index (κ3) is 5.24. The van der Waals surface area contributed by atoms with Crippen LogP contribution in [0, 0.1) is 0 Å². The average molecular weight is 205 g/mol. The second kappa shape index (κ2) is 5.58. The van der Waals surface area contributed by atoms with Crippen molar-refractivity contribution in [1.29, 1.82) is 0 Å². The molecule has 6 heteroatoms. The van der Waals surface area contributed by atoms with Gasteiger partial charge in [-0.3, -0.25) is 14.4 Å². The van der Waals surface area contributed by atoms with Crippen molar-refractivity contribution in [2.45, 2.75) is 18.6 Å². The molecule has 0 aromatic heterocycles. The number of ketones is 1. The predicted octanol–water partition coefficient (Wildman–Crippen LogP) is -0.535. The van der Waals surface area contributed by atoms with Crippen molar-refractivity contribution < 1.29 is 19.5 Å². The van der Waals surface area contributed by atoms with E-state index in [0.717, 1.165) is 0 Å². The van der Waals surface area contributed by atoms with Crippen molar-refractivity contribution in [3.8, 4) is 0 Å². The van der Waals surface area contributed by atoms with Gasteiger partial charge in [0.05, 0.1) is 6.42 Å². The van der Waals surface area contributed by atoms with Gasteiger partial charge in [-0.1, -0.05) is 0 Å². The number of Topliss-reactive ketones (excluding diaryl/α,β-unsaturated/α-hetero) is 1. The van der Waals surface area contributed by atoms with Gasteiger partial charge >= 0.3 is 5.97 Å². The summed E-state index contributed by atoms with van der Waals surface area (Å²) in [6.07, 6.45) is -0.163. The van der Waals surface area contributed by atoms with E-state index in [1.165, 1.54) is 6.92 Å². The number of carboxylic acid groups (broad SMARTS) is 1. The maximum absolute atomic E-state index is 11.0. The van der Waals surface area contributed by atoms with Crippen molar-refractivity contribution in [1.82, 2.24) is 5.32 Å². The highest BCUT2D eigenvalue weighted by atomic mass is 32.1. The summed E-state index contributed by atoms with van der Waals surface area (Å²) in [5, 5.41) is 9.51. The Bertz CT molecular complexity index is 229. The number of rotatable bonds is 5. The Hall–Kier alpha value is -1.04. The van der Waals surface area contributed by atoms with Crippen LogP contribution in [0.15, 0.2) is 0 Å². The summed E-state index contributed by atoms with van der Waals surface area (Å²) in [6.45, 7) is 1.26. The van der Waals surface area contributed by atoms with E-state index in [4.69, 9.17) is 5.11 Å². The molecule has 0 rings (SSSR count). The summed E-state index contributed by atoms with van der Waals surface area (Å²) >= 11 is 3.74. The molecule has 0 radical (unpaired) electrons. The van der Waals surface area contributed by atoms with E-state index in [1.54, 1.807) is 0 Å². The number of hydrogen-bond donors (Lipinski definition) is 3. The SMILES string of the molecule is CC(=O)[C@H](S)C(=O)NCCC(=O)O. The smallest absolute Gasteiger partial charge is 0.305 e. The number of thiol groups is 1. The summed E-state index contributed by atoms with van der Waals surface area (Å²) in [4.78, 5) is 31.6. The minimum absolute atomic E-state index is 0.0124. The van der Waals surface area contributed by atoms with Crippen LogP contribution in [0.5, 0.6) is 0 Å². The third-order valence-electron chi connectivity index (χ3n) is 1.27. The minimum Gasteiger partial charge on any atom is -0.481 e. The number of nitrogens with one attached hydrogen (secondary N) is 1. The highest BCUT2D eigenvalue weighted by Gasteiger charge is 2.17.